The number of ether oxygens (including phenoxy) is 7. The molecule has 2 heterocycles. The van der Waals surface area contributed by atoms with Crippen LogP contribution in [0.2, 0.25) is 0 Å². The molecule has 0 unspecified atom stereocenters. The van der Waals surface area contributed by atoms with E-state index in [2.05, 4.69) is 0 Å². The van der Waals surface area contributed by atoms with Crippen molar-refractivity contribution in [1.29, 1.82) is 0 Å². The summed E-state index contributed by atoms with van der Waals surface area (Å²) in [6, 6.07) is 6.75. The summed E-state index contributed by atoms with van der Waals surface area (Å²) < 4.78 is 39.1. The second-order valence-corrected chi connectivity index (χ2v) is 9.98. The molecule has 2 aliphatic rings. The molecule has 0 bridgehead atoms. The van der Waals surface area contributed by atoms with Crippen molar-refractivity contribution in [3.8, 4) is 34.5 Å². The third kappa shape index (κ3) is 6.11. The summed E-state index contributed by atoms with van der Waals surface area (Å²) in [5.41, 5.74) is 1.48. The van der Waals surface area contributed by atoms with Gasteiger partial charge < -0.3 is 63.8 Å². The van der Waals surface area contributed by atoms with Crippen molar-refractivity contribution in [3.05, 3.63) is 35.4 Å². The summed E-state index contributed by atoms with van der Waals surface area (Å²) in [5, 5.41) is 60.8. The fraction of sp³-hybridized carbons (Fsp3) is 0.571. The molecule has 13 heteroatoms. The van der Waals surface area contributed by atoms with Gasteiger partial charge in [-0.05, 0) is 47.7 Å². The Morgan fingerprint density at radius 2 is 1.37 bits per heavy atom. The average molecular weight is 583 g/mol. The minimum absolute atomic E-state index is 0.0569. The maximum absolute atomic E-state index is 10.4. The first-order chi connectivity index (χ1) is 19.7. The fourth-order valence-electron chi connectivity index (χ4n) is 5.35. The SMILES string of the molecule is COc1cc(C[C@@H]2CO[C@@H](c3cc(OC)c(O[C@H]4O[C@@H](CO)[C@H](O)[C@@H](O)[C@@H]4O)c(OC)c3)[C@@H]2CO)cc(OC)c1O. The normalized spacial score (nSPS) is 29.7. The molecule has 2 aromatic rings. The first kappa shape index (κ1) is 30.9. The maximum Gasteiger partial charge on any atom is 0.229 e. The van der Waals surface area contributed by atoms with E-state index in [0.717, 1.165) is 5.56 Å². The van der Waals surface area contributed by atoms with E-state index in [-0.39, 0.29) is 52.9 Å². The largest absolute Gasteiger partial charge is 0.502 e. The van der Waals surface area contributed by atoms with Crippen molar-refractivity contribution in [2.45, 2.75) is 43.2 Å². The van der Waals surface area contributed by atoms with E-state index < -0.39 is 43.4 Å². The smallest absolute Gasteiger partial charge is 0.229 e. The molecule has 4 rings (SSSR count). The van der Waals surface area contributed by atoms with Crippen molar-refractivity contribution in [3.63, 3.8) is 0 Å². The average Bonchev–Trinajstić information content (AvgIpc) is 3.40. The summed E-state index contributed by atoms with van der Waals surface area (Å²) in [7, 11) is 5.72. The van der Waals surface area contributed by atoms with Crippen LogP contribution in [0, 0.1) is 11.8 Å². The van der Waals surface area contributed by atoms with Gasteiger partial charge in [-0.25, -0.2) is 0 Å². The molecule has 2 saturated heterocycles. The van der Waals surface area contributed by atoms with Crippen LogP contribution in [0.25, 0.3) is 0 Å². The number of aliphatic hydroxyl groups is 5. The molecular weight excluding hydrogens is 544 g/mol. The topological polar surface area (TPSA) is 186 Å². The Bertz CT molecular complexity index is 1120. The zero-order valence-corrected chi connectivity index (χ0v) is 23.3. The molecule has 228 valence electrons. The Morgan fingerprint density at radius 1 is 0.780 bits per heavy atom. The quantitative estimate of drug-likeness (QED) is 0.210. The molecule has 0 aromatic heterocycles. The number of phenols is 1. The number of hydrogen-bond donors (Lipinski definition) is 6. The highest BCUT2D eigenvalue weighted by Crippen LogP contribution is 2.47. The number of rotatable bonds is 11. The Morgan fingerprint density at radius 3 is 1.88 bits per heavy atom. The number of methoxy groups -OCH3 is 4. The lowest BCUT2D eigenvalue weighted by atomic mass is 9.84. The predicted molar refractivity (Wildman–Crippen MR) is 142 cm³/mol. The van der Waals surface area contributed by atoms with E-state index in [4.69, 9.17) is 33.2 Å². The van der Waals surface area contributed by atoms with Crippen LogP contribution in [0.1, 0.15) is 17.2 Å². The molecule has 0 spiro atoms. The second kappa shape index (κ2) is 13.3. The molecule has 13 nitrogen and oxygen atoms in total. The van der Waals surface area contributed by atoms with Gasteiger partial charge in [0.25, 0.3) is 0 Å². The lowest BCUT2D eigenvalue weighted by Gasteiger charge is -2.39. The lowest BCUT2D eigenvalue weighted by Crippen LogP contribution is -2.60. The van der Waals surface area contributed by atoms with Crippen LogP contribution in [0.5, 0.6) is 34.5 Å². The highest BCUT2D eigenvalue weighted by molar-refractivity contribution is 5.55. The van der Waals surface area contributed by atoms with Gasteiger partial charge >= 0.3 is 0 Å². The van der Waals surface area contributed by atoms with E-state index >= 15 is 0 Å². The number of aliphatic hydroxyl groups excluding tert-OH is 5. The van der Waals surface area contributed by atoms with Gasteiger partial charge in [0.05, 0.1) is 47.8 Å². The number of benzene rings is 2. The summed E-state index contributed by atoms with van der Waals surface area (Å²) in [6.45, 7) is -0.435. The molecule has 2 aliphatic heterocycles. The van der Waals surface area contributed by atoms with Gasteiger partial charge in [0.15, 0.2) is 23.0 Å². The zero-order chi connectivity index (χ0) is 29.8. The minimum Gasteiger partial charge on any atom is -0.502 e. The first-order valence-corrected chi connectivity index (χ1v) is 13.1. The van der Waals surface area contributed by atoms with E-state index in [1.165, 1.54) is 28.4 Å². The Kier molecular flexibility index (Phi) is 10.0. The van der Waals surface area contributed by atoms with Crippen LogP contribution < -0.4 is 23.7 Å². The van der Waals surface area contributed by atoms with Crippen molar-refractivity contribution in [2.75, 3.05) is 48.3 Å². The number of hydrogen-bond acceptors (Lipinski definition) is 13. The summed E-state index contributed by atoms with van der Waals surface area (Å²) in [6.07, 6.45) is -7.40. The van der Waals surface area contributed by atoms with Crippen LogP contribution in [-0.4, -0.2) is 110 Å². The molecule has 0 aliphatic carbocycles. The summed E-state index contributed by atoms with van der Waals surface area (Å²) >= 11 is 0. The molecule has 2 fully saturated rings. The molecule has 6 N–H and O–H groups in total. The maximum atomic E-state index is 10.4. The van der Waals surface area contributed by atoms with Gasteiger partial charge in [0.2, 0.25) is 17.8 Å². The predicted octanol–water partition coefficient (Wildman–Crippen LogP) is 0.144. The highest BCUT2D eigenvalue weighted by Gasteiger charge is 2.45. The molecule has 0 amide bonds. The third-order valence-electron chi connectivity index (χ3n) is 7.63. The fourth-order valence-corrected chi connectivity index (χ4v) is 5.35. The second-order valence-electron chi connectivity index (χ2n) is 9.98. The van der Waals surface area contributed by atoms with E-state index in [1.54, 1.807) is 24.3 Å². The Labute approximate surface area is 237 Å². The Balaban J connectivity index is 1.59. The molecule has 2 aromatic carbocycles. The third-order valence-corrected chi connectivity index (χ3v) is 7.63. The first-order valence-electron chi connectivity index (χ1n) is 13.1. The van der Waals surface area contributed by atoms with Crippen LogP contribution in [0.15, 0.2) is 24.3 Å². The van der Waals surface area contributed by atoms with Crippen molar-refractivity contribution >= 4 is 0 Å². The molecule has 0 saturated carbocycles. The van der Waals surface area contributed by atoms with Gasteiger partial charge in [0, 0.05) is 12.5 Å². The molecule has 41 heavy (non-hydrogen) atoms. The van der Waals surface area contributed by atoms with Gasteiger partial charge in [0.1, 0.15) is 24.4 Å². The van der Waals surface area contributed by atoms with Crippen molar-refractivity contribution in [1.82, 2.24) is 0 Å². The van der Waals surface area contributed by atoms with Gasteiger partial charge in [-0.15, -0.1) is 0 Å². The van der Waals surface area contributed by atoms with Crippen LogP contribution >= 0.6 is 0 Å². The number of aromatic hydroxyl groups is 1. The van der Waals surface area contributed by atoms with Gasteiger partial charge in [-0.1, -0.05) is 0 Å². The highest BCUT2D eigenvalue weighted by atomic mass is 16.7. The van der Waals surface area contributed by atoms with Crippen LogP contribution in [-0.2, 0) is 15.9 Å². The van der Waals surface area contributed by atoms with Gasteiger partial charge in [-0.3, -0.25) is 0 Å². The summed E-state index contributed by atoms with van der Waals surface area (Å²) in [5.74, 6) is 0.517. The lowest BCUT2D eigenvalue weighted by molar-refractivity contribution is -0.277. The van der Waals surface area contributed by atoms with Crippen molar-refractivity contribution < 1.29 is 63.8 Å². The molecule has 0 radical (unpaired) electrons. The molecular formula is C28H38O13. The monoisotopic (exact) mass is 582 g/mol. The zero-order valence-electron chi connectivity index (χ0n) is 23.3. The Hall–Kier alpha value is -3.04. The standard InChI is InChI=1S/C28H38O13/c1-35-17-6-13(7-18(36-2)22(17)31)5-15-12-39-26(16(15)10-29)14-8-19(37-3)27(20(9-14)38-4)41-28-25(34)24(33)23(32)21(11-30)40-28/h6-9,15-16,21,23-26,28-34H,5,10-12H2,1-4H3/t15-,16-,21+,23+,24-,25+,26+,28-/m1/s1. The van der Waals surface area contributed by atoms with Crippen molar-refractivity contribution in [2.24, 2.45) is 11.8 Å². The minimum atomic E-state index is -1.63. The van der Waals surface area contributed by atoms with E-state index in [9.17, 15) is 30.6 Å². The number of phenolic OH excluding ortho intramolecular Hbond substituents is 1. The van der Waals surface area contributed by atoms with E-state index in [1.807, 2.05) is 0 Å². The van der Waals surface area contributed by atoms with Crippen LogP contribution in [0.3, 0.4) is 0 Å². The van der Waals surface area contributed by atoms with Gasteiger partial charge in [-0.2, -0.15) is 0 Å². The molecule has 8 atom stereocenters. The summed E-state index contributed by atoms with van der Waals surface area (Å²) in [4.78, 5) is 0. The van der Waals surface area contributed by atoms with E-state index in [0.29, 0.717) is 18.6 Å². The van der Waals surface area contributed by atoms with Crippen LogP contribution in [0.4, 0.5) is 0 Å².